The molecule has 0 spiro atoms. The standard InChI is InChI=1S/C12H16ClN3S/c1-4-7(2)8(3)14-10-9-5-6-17-11(9)16-12(13)15-10/h5-8H,4H2,1-3H3,(H,14,15,16). The minimum absolute atomic E-state index is 0.304. The van der Waals surface area contributed by atoms with Crippen LogP contribution < -0.4 is 5.32 Å². The van der Waals surface area contributed by atoms with E-state index >= 15 is 0 Å². The van der Waals surface area contributed by atoms with Crippen LogP contribution in [0.15, 0.2) is 11.4 Å². The lowest BCUT2D eigenvalue weighted by Crippen LogP contribution is -2.23. The average Bonchev–Trinajstić information content (AvgIpc) is 2.75. The lowest BCUT2D eigenvalue weighted by atomic mass is 10.0. The summed E-state index contributed by atoms with van der Waals surface area (Å²) in [6.07, 6.45) is 1.14. The van der Waals surface area contributed by atoms with Gasteiger partial charge in [-0.25, -0.2) is 9.97 Å². The van der Waals surface area contributed by atoms with Crippen molar-refractivity contribution in [3.05, 3.63) is 16.7 Å². The highest BCUT2D eigenvalue weighted by Gasteiger charge is 2.14. The molecule has 2 rings (SSSR count). The van der Waals surface area contributed by atoms with Crippen LogP contribution in [0.1, 0.15) is 27.2 Å². The van der Waals surface area contributed by atoms with Crippen molar-refractivity contribution in [1.82, 2.24) is 9.97 Å². The second-order valence-corrected chi connectivity index (χ2v) is 5.53. The van der Waals surface area contributed by atoms with Crippen molar-refractivity contribution in [1.29, 1.82) is 0 Å². The minimum Gasteiger partial charge on any atom is -0.367 e. The smallest absolute Gasteiger partial charge is 0.225 e. The van der Waals surface area contributed by atoms with Gasteiger partial charge in [0.15, 0.2) is 0 Å². The molecule has 2 unspecified atom stereocenters. The predicted octanol–water partition coefficient (Wildman–Crippen LogP) is 4.19. The summed E-state index contributed by atoms with van der Waals surface area (Å²) in [4.78, 5) is 9.42. The second kappa shape index (κ2) is 5.19. The normalized spacial score (nSPS) is 14.8. The molecule has 0 saturated carbocycles. The highest BCUT2D eigenvalue weighted by Crippen LogP contribution is 2.27. The molecule has 0 aliphatic carbocycles. The third-order valence-electron chi connectivity index (χ3n) is 3.16. The van der Waals surface area contributed by atoms with Gasteiger partial charge in [-0.1, -0.05) is 20.3 Å². The minimum atomic E-state index is 0.304. The van der Waals surface area contributed by atoms with Gasteiger partial charge in [-0.05, 0) is 35.9 Å². The Labute approximate surface area is 110 Å². The fourth-order valence-corrected chi connectivity index (χ4v) is 2.63. The fraction of sp³-hybridized carbons (Fsp3) is 0.500. The Balaban J connectivity index is 2.31. The van der Waals surface area contributed by atoms with E-state index in [4.69, 9.17) is 11.6 Å². The van der Waals surface area contributed by atoms with E-state index in [0.29, 0.717) is 17.2 Å². The number of hydrogen-bond donors (Lipinski definition) is 1. The Bertz CT molecular complexity index is 511. The number of fused-ring (bicyclic) bond motifs is 1. The zero-order valence-corrected chi connectivity index (χ0v) is 11.8. The highest BCUT2D eigenvalue weighted by atomic mass is 35.5. The van der Waals surface area contributed by atoms with Crippen LogP contribution in [0.3, 0.4) is 0 Å². The van der Waals surface area contributed by atoms with Crippen molar-refractivity contribution in [2.24, 2.45) is 5.92 Å². The molecular weight excluding hydrogens is 254 g/mol. The number of nitrogens with one attached hydrogen (secondary N) is 1. The Kier molecular flexibility index (Phi) is 3.84. The number of thiophene rings is 1. The lowest BCUT2D eigenvalue weighted by molar-refractivity contribution is 0.494. The molecule has 2 aromatic rings. The van der Waals surface area contributed by atoms with E-state index in [0.717, 1.165) is 22.5 Å². The van der Waals surface area contributed by atoms with Crippen LogP contribution in [-0.2, 0) is 0 Å². The first-order chi connectivity index (χ1) is 8.11. The van der Waals surface area contributed by atoms with Gasteiger partial charge in [-0.15, -0.1) is 11.3 Å². The van der Waals surface area contributed by atoms with Gasteiger partial charge >= 0.3 is 0 Å². The Morgan fingerprint density at radius 1 is 1.41 bits per heavy atom. The van der Waals surface area contributed by atoms with Gasteiger partial charge in [-0.2, -0.15) is 0 Å². The van der Waals surface area contributed by atoms with Gasteiger partial charge in [0.25, 0.3) is 0 Å². The lowest BCUT2D eigenvalue weighted by Gasteiger charge is -2.20. The largest absolute Gasteiger partial charge is 0.367 e. The molecule has 17 heavy (non-hydrogen) atoms. The molecule has 3 nitrogen and oxygen atoms in total. The van der Waals surface area contributed by atoms with Crippen molar-refractivity contribution >= 4 is 39.0 Å². The van der Waals surface area contributed by atoms with E-state index in [1.165, 1.54) is 0 Å². The van der Waals surface area contributed by atoms with E-state index < -0.39 is 0 Å². The predicted molar refractivity (Wildman–Crippen MR) is 75.0 cm³/mol. The summed E-state index contributed by atoms with van der Waals surface area (Å²) in [6.45, 7) is 6.59. The molecule has 0 radical (unpaired) electrons. The van der Waals surface area contributed by atoms with Crippen LogP contribution in [-0.4, -0.2) is 16.0 Å². The Morgan fingerprint density at radius 2 is 2.18 bits per heavy atom. The maximum absolute atomic E-state index is 5.92. The third-order valence-corrected chi connectivity index (χ3v) is 4.14. The van der Waals surface area contributed by atoms with E-state index in [2.05, 4.69) is 36.1 Å². The van der Waals surface area contributed by atoms with Gasteiger partial charge in [-0.3, -0.25) is 0 Å². The number of hydrogen-bond acceptors (Lipinski definition) is 4. The van der Waals surface area contributed by atoms with Gasteiger partial charge in [0.05, 0.1) is 5.39 Å². The summed E-state index contributed by atoms with van der Waals surface area (Å²) >= 11 is 7.50. The highest BCUT2D eigenvalue weighted by molar-refractivity contribution is 7.16. The third kappa shape index (κ3) is 2.69. The monoisotopic (exact) mass is 269 g/mol. The summed E-state index contributed by atoms with van der Waals surface area (Å²) < 4.78 is 0. The van der Waals surface area contributed by atoms with Crippen LogP contribution >= 0.6 is 22.9 Å². The summed E-state index contributed by atoms with van der Waals surface area (Å²) in [7, 11) is 0. The van der Waals surface area contributed by atoms with Crippen LogP contribution in [0, 0.1) is 5.92 Å². The molecule has 0 bridgehead atoms. The molecule has 0 saturated heterocycles. The van der Waals surface area contributed by atoms with Gasteiger partial charge < -0.3 is 5.32 Å². The van der Waals surface area contributed by atoms with Crippen molar-refractivity contribution in [3.8, 4) is 0 Å². The van der Waals surface area contributed by atoms with Crippen LogP contribution in [0.2, 0.25) is 5.28 Å². The van der Waals surface area contributed by atoms with Crippen molar-refractivity contribution in [2.45, 2.75) is 33.2 Å². The number of rotatable bonds is 4. The zero-order valence-electron chi connectivity index (χ0n) is 10.2. The van der Waals surface area contributed by atoms with Crippen LogP contribution in [0.5, 0.6) is 0 Å². The summed E-state index contributed by atoms with van der Waals surface area (Å²) in [5.41, 5.74) is 0. The van der Waals surface area contributed by atoms with Crippen molar-refractivity contribution in [2.75, 3.05) is 5.32 Å². The Morgan fingerprint density at radius 3 is 2.88 bits per heavy atom. The fourth-order valence-electron chi connectivity index (χ4n) is 1.65. The zero-order chi connectivity index (χ0) is 12.4. The van der Waals surface area contributed by atoms with E-state index in [9.17, 15) is 0 Å². The average molecular weight is 270 g/mol. The first kappa shape index (κ1) is 12.6. The van der Waals surface area contributed by atoms with Gasteiger partial charge in [0, 0.05) is 6.04 Å². The second-order valence-electron chi connectivity index (χ2n) is 4.30. The SMILES string of the molecule is CCC(C)C(C)Nc1nc(Cl)nc2sccc12. The van der Waals surface area contributed by atoms with E-state index in [1.54, 1.807) is 11.3 Å². The van der Waals surface area contributed by atoms with Crippen molar-refractivity contribution < 1.29 is 0 Å². The molecule has 0 fully saturated rings. The summed E-state index contributed by atoms with van der Waals surface area (Å²) in [5, 5.41) is 6.80. The molecular formula is C12H16ClN3S. The van der Waals surface area contributed by atoms with E-state index in [1.807, 2.05) is 11.4 Å². The molecule has 2 aromatic heterocycles. The number of nitrogens with zero attached hydrogens (tertiary/aromatic N) is 2. The summed E-state index contributed by atoms with van der Waals surface area (Å²) in [5.74, 6) is 1.44. The van der Waals surface area contributed by atoms with E-state index in [-0.39, 0.29) is 0 Å². The molecule has 1 N–H and O–H groups in total. The summed E-state index contributed by atoms with van der Waals surface area (Å²) in [6, 6.07) is 2.40. The van der Waals surface area contributed by atoms with Crippen LogP contribution in [0.4, 0.5) is 5.82 Å². The molecule has 0 aromatic carbocycles. The molecule has 2 heterocycles. The maximum Gasteiger partial charge on any atom is 0.225 e. The molecule has 92 valence electrons. The molecule has 2 atom stereocenters. The van der Waals surface area contributed by atoms with Crippen molar-refractivity contribution in [3.63, 3.8) is 0 Å². The van der Waals surface area contributed by atoms with Gasteiger partial charge in [0.2, 0.25) is 5.28 Å². The topological polar surface area (TPSA) is 37.8 Å². The quantitative estimate of drug-likeness (QED) is 0.846. The number of halogens is 1. The number of anilines is 1. The maximum atomic E-state index is 5.92. The molecule has 0 amide bonds. The first-order valence-electron chi connectivity index (χ1n) is 5.79. The number of aromatic nitrogens is 2. The first-order valence-corrected chi connectivity index (χ1v) is 7.04. The van der Waals surface area contributed by atoms with Gasteiger partial charge in [0.1, 0.15) is 10.6 Å². The molecule has 0 aliphatic heterocycles. The molecule has 0 aliphatic rings. The Hall–Kier alpha value is -0.870. The van der Waals surface area contributed by atoms with Crippen LogP contribution in [0.25, 0.3) is 10.2 Å². The molecule has 5 heteroatoms.